The highest BCUT2D eigenvalue weighted by Crippen LogP contribution is 2.26. The predicted molar refractivity (Wildman–Crippen MR) is 191 cm³/mol. The second-order valence-corrected chi connectivity index (χ2v) is 11.7. The zero-order valence-electron chi connectivity index (χ0n) is 26.1. The van der Waals surface area contributed by atoms with Gasteiger partial charge in [0.05, 0.1) is 15.6 Å². The Labute approximate surface area is 288 Å². The molecule has 0 aliphatic carbocycles. The van der Waals surface area contributed by atoms with E-state index in [0.717, 1.165) is 45.0 Å². The van der Waals surface area contributed by atoms with Crippen LogP contribution in [-0.2, 0) is 0 Å². The summed E-state index contributed by atoms with van der Waals surface area (Å²) in [7, 11) is 1.86. The van der Waals surface area contributed by atoms with Crippen molar-refractivity contribution in [2.24, 2.45) is 0 Å². The molecule has 0 saturated heterocycles. The van der Waals surface area contributed by atoms with Crippen LogP contribution >= 0.6 is 46.4 Å². The van der Waals surface area contributed by atoms with Crippen molar-refractivity contribution in [2.45, 2.75) is 34.6 Å². The number of carbonyl (C=O) groups is 4. The molecule has 0 aromatic heterocycles. The van der Waals surface area contributed by atoms with Gasteiger partial charge in [-0.15, -0.1) is 0 Å². The van der Waals surface area contributed by atoms with Crippen molar-refractivity contribution in [1.82, 2.24) is 0 Å². The summed E-state index contributed by atoms with van der Waals surface area (Å²) in [6, 6.07) is 16.4. The minimum Gasteiger partial charge on any atom is -0.399 e. The van der Waals surface area contributed by atoms with Gasteiger partial charge < -0.3 is 22.1 Å². The maximum Gasteiger partial charge on any atom is 0.255 e. The first-order chi connectivity index (χ1) is 21.5. The van der Waals surface area contributed by atoms with Gasteiger partial charge in [-0.1, -0.05) is 23.2 Å². The van der Waals surface area contributed by atoms with Gasteiger partial charge in [-0.05, 0) is 141 Å². The van der Waals surface area contributed by atoms with Crippen LogP contribution < -0.4 is 22.1 Å². The number of Topliss-reactive ketones (excluding diaryl/α,β-unsaturated/α-hetero) is 1. The molecule has 12 heteroatoms. The van der Waals surface area contributed by atoms with Crippen LogP contribution in [0.4, 0.5) is 22.7 Å². The van der Waals surface area contributed by atoms with Crippen molar-refractivity contribution in [2.75, 3.05) is 29.1 Å². The zero-order valence-corrected chi connectivity index (χ0v) is 29.1. The number of hydrogen-bond acceptors (Lipinski definition) is 7. The van der Waals surface area contributed by atoms with Gasteiger partial charge >= 0.3 is 0 Å². The summed E-state index contributed by atoms with van der Waals surface area (Å²) in [5.41, 5.74) is 20.0. The molecular weight excluding hydrogens is 670 g/mol. The summed E-state index contributed by atoms with van der Waals surface area (Å²) in [6.45, 7) is 9.24. The molecule has 0 fully saturated rings. The van der Waals surface area contributed by atoms with Crippen molar-refractivity contribution in [3.63, 3.8) is 0 Å². The van der Waals surface area contributed by atoms with E-state index in [1.165, 1.54) is 31.2 Å². The van der Waals surface area contributed by atoms with Crippen LogP contribution in [0, 0.1) is 27.7 Å². The molecule has 0 radical (unpaired) electrons. The number of benzene rings is 4. The van der Waals surface area contributed by atoms with Crippen LogP contribution in [0.15, 0.2) is 60.7 Å². The van der Waals surface area contributed by atoms with E-state index < -0.39 is 10.5 Å². The van der Waals surface area contributed by atoms with Crippen LogP contribution in [0.25, 0.3) is 0 Å². The first-order valence-corrected chi connectivity index (χ1v) is 15.2. The number of halogens is 4. The Kier molecular flexibility index (Phi) is 14.1. The Hall–Kier alpha value is -4.08. The van der Waals surface area contributed by atoms with Crippen LogP contribution in [0.2, 0.25) is 10.0 Å². The number of rotatable bonds is 6. The average Bonchev–Trinajstić information content (AvgIpc) is 2.98. The van der Waals surface area contributed by atoms with Crippen LogP contribution in [0.5, 0.6) is 0 Å². The van der Waals surface area contributed by atoms with Crippen LogP contribution in [0.3, 0.4) is 0 Å². The number of hydrogen-bond donors (Lipinski definition) is 4. The van der Waals surface area contributed by atoms with Gasteiger partial charge in [0, 0.05) is 46.5 Å². The van der Waals surface area contributed by atoms with Crippen molar-refractivity contribution < 1.29 is 19.2 Å². The number of carbonyl (C=O) groups excluding carboxylic acids is 4. The fourth-order valence-corrected chi connectivity index (χ4v) is 4.92. The van der Waals surface area contributed by atoms with E-state index in [4.69, 9.17) is 57.9 Å². The highest BCUT2D eigenvalue weighted by Gasteiger charge is 2.13. The lowest BCUT2D eigenvalue weighted by Crippen LogP contribution is -2.13. The number of anilines is 4. The van der Waals surface area contributed by atoms with Gasteiger partial charge in [-0.3, -0.25) is 19.2 Å². The molecular formula is C34H34Cl4N4O4. The molecule has 0 heterocycles. The zero-order chi connectivity index (χ0) is 34.9. The Balaban J connectivity index is 0.000000269. The lowest BCUT2D eigenvalue weighted by Gasteiger charge is -2.13. The maximum absolute atomic E-state index is 12.4. The maximum atomic E-state index is 12.4. The fourth-order valence-electron chi connectivity index (χ4n) is 4.01. The summed E-state index contributed by atoms with van der Waals surface area (Å²) in [6.07, 6.45) is 0. The molecule has 0 spiro atoms. The van der Waals surface area contributed by atoms with Crippen molar-refractivity contribution in [3.05, 3.63) is 115 Å². The molecule has 0 aliphatic rings. The van der Waals surface area contributed by atoms with E-state index in [-0.39, 0.29) is 32.9 Å². The monoisotopic (exact) mass is 702 g/mol. The predicted octanol–water partition coefficient (Wildman–Crippen LogP) is 9.02. The first kappa shape index (κ1) is 38.1. The highest BCUT2D eigenvalue weighted by molar-refractivity contribution is 6.69. The first-order valence-electron chi connectivity index (χ1n) is 13.7. The minimum absolute atomic E-state index is 0.117. The number of amides is 1. The lowest BCUT2D eigenvalue weighted by atomic mass is 10.1. The third kappa shape index (κ3) is 10.5. The number of nitrogen functional groups attached to an aromatic ring is 2. The molecule has 242 valence electrons. The number of nitrogens with one attached hydrogen (secondary N) is 2. The van der Waals surface area contributed by atoms with E-state index in [0.29, 0.717) is 11.1 Å². The minimum atomic E-state index is -0.668. The van der Waals surface area contributed by atoms with E-state index in [1.807, 2.05) is 59.0 Å². The molecule has 0 saturated carbocycles. The quantitative estimate of drug-likeness (QED) is 0.0891. The molecule has 0 bridgehead atoms. The Morgan fingerprint density at radius 3 is 1.52 bits per heavy atom. The third-order valence-corrected chi connectivity index (χ3v) is 7.81. The van der Waals surface area contributed by atoms with Gasteiger partial charge in [0.25, 0.3) is 16.4 Å². The van der Waals surface area contributed by atoms with Crippen molar-refractivity contribution in [3.8, 4) is 0 Å². The Morgan fingerprint density at radius 1 is 0.609 bits per heavy atom. The summed E-state index contributed by atoms with van der Waals surface area (Å²) < 4.78 is 0. The highest BCUT2D eigenvalue weighted by atomic mass is 35.5. The van der Waals surface area contributed by atoms with Gasteiger partial charge in [-0.25, -0.2) is 0 Å². The van der Waals surface area contributed by atoms with Gasteiger partial charge in [0.15, 0.2) is 5.78 Å². The second kappa shape index (κ2) is 17.0. The molecule has 0 unspecified atom stereocenters. The summed E-state index contributed by atoms with van der Waals surface area (Å²) in [4.78, 5) is 45.2. The second-order valence-electron chi connectivity index (χ2n) is 10.2. The van der Waals surface area contributed by atoms with Gasteiger partial charge in [0.1, 0.15) is 0 Å². The molecule has 46 heavy (non-hydrogen) atoms. The fraction of sp³-hybridized carbons (Fsp3) is 0.176. The largest absolute Gasteiger partial charge is 0.399 e. The average molecular weight is 704 g/mol. The molecule has 4 rings (SSSR count). The lowest BCUT2D eigenvalue weighted by molar-refractivity contribution is 0.100. The van der Waals surface area contributed by atoms with Gasteiger partial charge in [-0.2, -0.15) is 0 Å². The number of aryl methyl sites for hydroxylation is 4. The molecule has 4 aromatic carbocycles. The van der Waals surface area contributed by atoms with Crippen molar-refractivity contribution >= 4 is 91.3 Å². The topological polar surface area (TPSA) is 144 Å². The number of ketones is 1. The number of nitrogens with two attached hydrogens (primary N) is 2. The standard InChI is InChI=1S/C18H19ClN2O2.C8H3Cl3O2.C8H12N2/c1-10-8-17(11(2)7-16(10)20-4)21-18(23)13-5-6-14(12(3)22)15(19)9-13;9-6-3-4(7(10)12)1-2-5(6)8(11)13;1-5-3-8(10)6(2)4-7(5)9/h5-9,20H,1-4H3,(H,21,23);1-3H;3-4H,9-10H2,1-2H3. The normalized spacial score (nSPS) is 10.0. The van der Waals surface area contributed by atoms with Gasteiger partial charge in [0.2, 0.25) is 0 Å². The van der Waals surface area contributed by atoms with E-state index in [9.17, 15) is 19.2 Å². The molecule has 4 aromatic rings. The van der Waals surface area contributed by atoms with Crippen LogP contribution in [0.1, 0.15) is 70.6 Å². The van der Waals surface area contributed by atoms with Crippen molar-refractivity contribution in [1.29, 1.82) is 0 Å². The summed E-state index contributed by atoms with van der Waals surface area (Å²) >= 11 is 22.1. The molecule has 0 atom stereocenters. The third-order valence-electron chi connectivity index (χ3n) is 6.76. The van der Waals surface area contributed by atoms with E-state index in [1.54, 1.807) is 12.1 Å². The van der Waals surface area contributed by atoms with E-state index >= 15 is 0 Å². The molecule has 6 N–H and O–H groups in total. The van der Waals surface area contributed by atoms with Crippen LogP contribution in [-0.4, -0.2) is 29.2 Å². The Bertz CT molecular complexity index is 1760. The smallest absolute Gasteiger partial charge is 0.255 e. The molecule has 1 amide bonds. The summed E-state index contributed by atoms with van der Waals surface area (Å²) in [5.74, 6) is -0.391. The SMILES string of the molecule is CNc1cc(C)c(NC(=O)c2ccc(C(C)=O)c(Cl)c2)cc1C.Cc1cc(N)c(C)cc1N.O=C(Cl)c1ccc(C(=O)Cl)c(Cl)c1. The Morgan fingerprint density at radius 2 is 1.07 bits per heavy atom. The van der Waals surface area contributed by atoms with E-state index in [2.05, 4.69) is 10.6 Å². The molecule has 0 aliphatic heterocycles. The molecule has 8 nitrogen and oxygen atoms in total. The summed E-state index contributed by atoms with van der Waals surface area (Å²) in [5, 5.41) is 5.10.